The third kappa shape index (κ3) is 4.54. The van der Waals surface area contributed by atoms with E-state index >= 15 is 4.39 Å². The van der Waals surface area contributed by atoms with E-state index in [-0.39, 0.29) is 23.6 Å². The minimum absolute atomic E-state index is 0.0292. The van der Waals surface area contributed by atoms with E-state index in [9.17, 15) is 15.2 Å². The lowest BCUT2D eigenvalue weighted by molar-refractivity contribution is -0.121. The molecule has 4 aromatic carbocycles. The fraction of sp³-hybridized carbons (Fsp3) is 0.289. The zero-order valence-corrected chi connectivity index (χ0v) is 26.4. The Morgan fingerprint density at radius 2 is 1.87 bits per heavy atom. The Morgan fingerprint density at radius 1 is 1.09 bits per heavy atom. The number of anilines is 2. The average molecular weight is 627 g/mol. The van der Waals surface area contributed by atoms with Gasteiger partial charge < -0.3 is 25.5 Å². The van der Waals surface area contributed by atoms with Gasteiger partial charge in [-0.25, -0.2) is 9.37 Å². The number of benzene rings is 4. The number of piperidine rings is 1. The third-order valence-corrected chi connectivity index (χ3v) is 10.3. The molecular weight excluding hydrogens is 591 g/mol. The molecule has 0 saturated carbocycles. The van der Waals surface area contributed by atoms with E-state index in [1.54, 1.807) is 18.2 Å². The van der Waals surface area contributed by atoms with Crippen molar-refractivity contribution >= 4 is 39.1 Å². The molecule has 1 unspecified atom stereocenters. The van der Waals surface area contributed by atoms with E-state index in [2.05, 4.69) is 26.5 Å². The lowest BCUT2D eigenvalue weighted by atomic mass is 9.74. The highest BCUT2D eigenvalue weighted by Gasteiger charge is 2.51. The van der Waals surface area contributed by atoms with Crippen LogP contribution in [0.5, 0.6) is 5.75 Å². The summed E-state index contributed by atoms with van der Waals surface area (Å²) >= 11 is 0. The number of nitrogens with one attached hydrogen (secondary N) is 2. The molecule has 1 atom stereocenters. The van der Waals surface area contributed by atoms with Crippen molar-refractivity contribution in [2.24, 2.45) is 0 Å². The van der Waals surface area contributed by atoms with Gasteiger partial charge in [0.15, 0.2) is 11.6 Å². The lowest BCUT2D eigenvalue weighted by Crippen LogP contribution is -2.57. The first-order valence-electron chi connectivity index (χ1n) is 16.1. The minimum atomic E-state index is -0.858. The fourth-order valence-electron chi connectivity index (χ4n) is 7.78. The Balaban J connectivity index is 1.46. The molecule has 4 heterocycles. The predicted octanol–water partition coefficient (Wildman–Crippen LogP) is 5.69. The lowest BCUT2D eigenvalue weighted by Gasteiger charge is -2.44. The molecule has 1 amide bonds. The van der Waals surface area contributed by atoms with Crippen LogP contribution in [0.15, 0.2) is 66.7 Å². The summed E-state index contributed by atoms with van der Waals surface area (Å²) in [5.41, 5.74) is 3.62. The first kappa shape index (κ1) is 29.4. The number of phenols is 1. The largest absolute Gasteiger partial charge is 0.508 e. The molecule has 236 valence electrons. The molecule has 2 fully saturated rings. The van der Waals surface area contributed by atoms with Crippen molar-refractivity contribution in [2.75, 3.05) is 50.5 Å². The Bertz CT molecular complexity index is 2140. The SMILES string of the molecule is CN(C)C1CN(c2nc3c(F)c(-c4cc(O)cc5ccccc45)c(Cc4ccccc4C#N)cc3c3c2NC(=O)C32CCCNC2)C1. The number of hydrogen-bond acceptors (Lipinski definition) is 7. The minimum Gasteiger partial charge on any atom is -0.508 e. The summed E-state index contributed by atoms with van der Waals surface area (Å²) in [4.78, 5) is 23.3. The Hall–Kier alpha value is -5.04. The summed E-state index contributed by atoms with van der Waals surface area (Å²) in [5.74, 6) is 0.0329. The molecule has 9 heteroatoms. The Kier molecular flexibility index (Phi) is 6.90. The van der Waals surface area contributed by atoms with Crippen LogP contribution in [0.1, 0.15) is 35.1 Å². The highest BCUT2D eigenvalue weighted by molar-refractivity contribution is 6.15. The van der Waals surface area contributed by atoms with Gasteiger partial charge in [-0.05, 0) is 91.6 Å². The van der Waals surface area contributed by atoms with Crippen molar-refractivity contribution in [1.29, 1.82) is 5.26 Å². The number of carbonyl (C=O) groups excluding carboxylic acids is 1. The van der Waals surface area contributed by atoms with E-state index < -0.39 is 11.2 Å². The predicted molar refractivity (Wildman–Crippen MR) is 182 cm³/mol. The van der Waals surface area contributed by atoms with Crippen LogP contribution in [0.4, 0.5) is 15.9 Å². The smallest absolute Gasteiger partial charge is 0.236 e. The fourth-order valence-corrected chi connectivity index (χ4v) is 7.78. The molecule has 3 aliphatic heterocycles. The molecule has 2 saturated heterocycles. The number of pyridine rings is 1. The Labute approximate surface area is 272 Å². The highest BCUT2D eigenvalue weighted by Crippen LogP contribution is 2.51. The zero-order valence-electron chi connectivity index (χ0n) is 26.4. The number of aromatic hydroxyl groups is 1. The second-order valence-electron chi connectivity index (χ2n) is 13.3. The van der Waals surface area contributed by atoms with Crippen LogP contribution in [0.2, 0.25) is 0 Å². The summed E-state index contributed by atoms with van der Waals surface area (Å²) < 4.78 is 17.7. The normalized spacial score (nSPS) is 19.3. The van der Waals surface area contributed by atoms with Crippen LogP contribution in [0.25, 0.3) is 32.8 Å². The maximum Gasteiger partial charge on any atom is 0.236 e. The summed E-state index contributed by atoms with van der Waals surface area (Å²) in [6.45, 7) is 2.70. The van der Waals surface area contributed by atoms with E-state index in [0.29, 0.717) is 71.2 Å². The number of halogens is 1. The van der Waals surface area contributed by atoms with Crippen LogP contribution < -0.4 is 15.5 Å². The van der Waals surface area contributed by atoms with Crippen LogP contribution in [0, 0.1) is 17.1 Å². The van der Waals surface area contributed by atoms with Gasteiger partial charge in [-0.15, -0.1) is 0 Å². The molecular formula is C38H35FN6O2. The summed E-state index contributed by atoms with van der Waals surface area (Å²) in [6, 6.07) is 22.8. The number of aromatic nitrogens is 1. The number of nitriles is 1. The first-order valence-corrected chi connectivity index (χ1v) is 16.1. The molecule has 1 aromatic heterocycles. The summed E-state index contributed by atoms with van der Waals surface area (Å²) in [7, 11) is 4.09. The molecule has 3 N–H and O–H groups in total. The van der Waals surface area contributed by atoms with Crippen LogP contribution in [-0.4, -0.2) is 67.2 Å². The number of nitrogens with zero attached hydrogens (tertiary/aromatic N) is 4. The van der Waals surface area contributed by atoms with Crippen LogP contribution >= 0.6 is 0 Å². The second kappa shape index (κ2) is 11.0. The van der Waals surface area contributed by atoms with Gasteiger partial charge in [0.25, 0.3) is 0 Å². The second-order valence-corrected chi connectivity index (χ2v) is 13.3. The summed E-state index contributed by atoms with van der Waals surface area (Å²) in [5, 5.41) is 29.6. The molecule has 3 aliphatic rings. The molecule has 0 radical (unpaired) electrons. The van der Waals surface area contributed by atoms with Crippen molar-refractivity contribution in [2.45, 2.75) is 30.7 Å². The van der Waals surface area contributed by atoms with Crippen LogP contribution in [-0.2, 0) is 16.6 Å². The maximum absolute atomic E-state index is 17.7. The molecule has 1 spiro atoms. The first-order chi connectivity index (χ1) is 22.8. The van der Waals surface area contributed by atoms with E-state index in [4.69, 9.17) is 4.98 Å². The van der Waals surface area contributed by atoms with Gasteiger partial charge in [0, 0.05) is 42.2 Å². The zero-order chi connectivity index (χ0) is 32.4. The standard InChI is InChI=1S/C38H35FN6O2/c1-44(2)26-19-45(20-26)36-35-32(38(37(47)43-35)12-7-13-41-21-38)30-16-25(14-22-8-3-4-10-24(22)18-40)31(33(39)34(30)42-36)29-17-27(46)15-23-9-5-6-11-28(23)29/h3-6,8-11,15-17,26,41,46H,7,12-14,19-21H2,1-2H3,(H,43,47). The van der Waals surface area contributed by atoms with Crippen molar-refractivity contribution in [3.8, 4) is 22.9 Å². The molecule has 47 heavy (non-hydrogen) atoms. The number of amides is 1. The molecule has 8 rings (SSSR count). The number of hydrogen-bond donors (Lipinski definition) is 3. The average Bonchev–Trinajstić information content (AvgIpc) is 3.32. The van der Waals surface area contributed by atoms with Gasteiger partial charge in [-0.3, -0.25) is 4.79 Å². The van der Waals surface area contributed by atoms with Crippen LogP contribution in [0.3, 0.4) is 0 Å². The van der Waals surface area contributed by atoms with Crippen molar-refractivity contribution in [1.82, 2.24) is 15.2 Å². The molecule has 0 bridgehead atoms. The highest BCUT2D eigenvalue weighted by atomic mass is 19.1. The van der Waals surface area contributed by atoms with Gasteiger partial charge in [-0.1, -0.05) is 42.5 Å². The van der Waals surface area contributed by atoms with E-state index in [0.717, 1.165) is 34.9 Å². The number of likely N-dealkylation sites (N-methyl/N-ethyl adjacent to an activating group) is 1. The van der Waals surface area contributed by atoms with Gasteiger partial charge >= 0.3 is 0 Å². The number of rotatable bonds is 5. The van der Waals surface area contributed by atoms with Crippen molar-refractivity contribution < 1.29 is 14.3 Å². The van der Waals surface area contributed by atoms with E-state index in [1.165, 1.54) is 0 Å². The van der Waals surface area contributed by atoms with E-state index in [1.807, 2.05) is 62.6 Å². The monoisotopic (exact) mass is 626 g/mol. The van der Waals surface area contributed by atoms with Gasteiger partial charge in [0.05, 0.1) is 22.7 Å². The molecule has 0 aliphatic carbocycles. The Morgan fingerprint density at radius 3 is 2.64 bits per heavy atom. The maximum atomic E-state index is 17.7. The number of phenolic OH excluding ortho intramolecular Hbond substituents is 1. The summed E-state index contributed by atoms with van der Waals surface area (Å²) in [6.07, 6.45) is 1.73. The van der Waals surface area contributed by atoms with Gasteiger partial charge in [0.1, 0.15) is 11.3 Å². The quantitative estimate of drug-likeness (QED) is 0.231. The molecule has 8 nitrogen and oxygen atoms in total. The van der Waals surface area contributed by atoms with Crippen molar-refractivity contribution in [3.63, 3.8) is 0 Å². The topological polar surface area (TPSA) is 105 Å². The number of fused-ring (bicyclic) bond motifs is 5. The van der Waals surface area contributed by atoms with Gasteiger partial charge in [0.2, 0.25) is 5.91 Å². The number of carbonyl (C=O) groups is 1. The van der Waals surface area contributed by atoms with Crippen molar-refractivity contribution in [3.05, 3.63) is 94.8 Å². The molecule has 5 aromatic rings. The third-order valence-electron chi connectivity index (χ3n) is 10.3. The van der Waals surface area contributed by atoms with Gasteiger partial charge in [-0.2, -0.15) is 5.26 Å².